The lowest BCUT2D eigenvalue weighted by atomic mass is 10.1. The Labute approximate surface area is 121 Å². The maximum absolute atomic E-state index is 12.7. The summed E-state index contributed by atoms with van der Waals surface area (Å²) in [5.74, 6) is 0. The summed E-state index contributed by atoms with van der Waals surface area (Å²) in [5.41, 5.74) is -5.29. The second-order valence-electron chi connectivity index (χ2n) is 5.19. The fraction of sp³-hybridized carbons (Fsp3) is 0.538. The average molecular weight is 322 g/mol. The molecule has 1 fully saturated rings. The number of sulfone groups is 1. The number of nitrogens with zero attached hydrogens (tertiary/aromatic N) is 1. The van der Waals surface area contributed by atoms with Gasteiger partial charge in [0.15, 0.2) is 0 Å². The third-order valence-corrected chi connectivity index (χ3v) is 5.01. The summed E-state index contributed by atoms with van der Waals surface area (Å²) in [7, 11) is -3.42. The molecule has 1 aliphatic rings. The molecule has 1 heterocycles. The van der Waals surface area contributed by atoms with Crippen LogP contribution in [0.1, 0.15) is 12.8 Å². The van der Waals surface area contributed by atoms with Crippen molar-refractivity contribution in [3.8, 4) is 0 Å². The zero-order valence-corrected chi connectivity index (χ0v) is 12.3. The predicted molar refractivity (Wildman–Crippen MR) is 73.8 cm³/mol. The van der Waals surface area contributed by atoms with Crippen LogP contribution in [0, 0.1) is 0 Å². The summed E-state index contributed by atoms with van der Waals surface area (Å²) < 4.78 is 61.4. The predicted octanol–water partition coefficient (Wildman–Crippen LogP) is 2.49. The third-order valence-electron chi connectivity index (χ3n) is 3.47. The lowest BCUT2D eigenvalue weighted by molar-refractivity contribution is -0.0435. The van der Waals surface area contributed by atoms with Gasteiger partial charge < -0.3 is 10.2 Å². The minimum atomic E-state index is -5.35. The summed E-state index contributed by atoms with van der Waals surface area (Å²) in [6.07, 6.45) is 1.72. The number of alkyl halides is 3. The molecule has 1 atom stereocenters. The molecule has 0 aliphatic carbocycles. The van der Waals surface area contributed by atoms with Crippen molar-refractivity contribution in [2.75, 3.05) is 25.5 Å². The number of para-hydroxylation sites is 1. The zero-order chi connectivity index (χ0) is 15.7. The van der Waals surface area contributed by atoms with Crippen LogP contribution in [0.15, 0.2) is 29.2 Å². The molecule has 1 N–H and O–H groups in total. The van der Waals surface area contributed by atoms with Crippen LogP contribution in [0.25, 0.3) is 0 Å². The van der Waals surface area contributed by atoms with Crippen LogP contribution in [-0.2, 0) is 9.84 Å². The van der Waals surface area contributed by atoms with Gasteiger partial charge in [0.2, 0.25) is 0 Å². The highest BCUT2D eigenvalue weighted by atomic mass is 32.2. The molecule has 21 heavy (non-hydrogen) atoms. The van der Waals surface area contributed by atoms with Crippen LogP contribution in [0.3, 0.4) is 0 Å². The van der Waals surface area contributed by atoms with Crippen LogP contribution in [0.4, 0.5) is 18.9 Å². The van der Waals surface area contributed by atoms with Gasteiger partial charge in [-0.3, -0.25) is 0 Å². The van der Waals surface area contributed by atoms with Crippen LogP contribution in [0.5, 0.6) is 0 Å². The van der Waals surface area contributed by atoms with Crippen molar-refractivity contribution in [3.63, 3.8) is 0 Å². The highest BCUT2D eigenvalue weighted by molar-refractivity contribution is 7.92. The van der Waals surface area contributed by atoms with Crippen molar-refractivity contribution in [2.24, 2.45) is 0 Å². The number of piperidine rings is 1. The molecule has 0 bridgehead atoms. The Balaban J connectivity index is 2.30. The lowest BCUT2D eigenvalue weighted by Gasteiger charge is -2.31. The van der Waals surface area contributed by atoms with E-state index in [1.54, 1.807) is 0 Å². The maximum Gasteiger partial charge on any atom is 0.501 e. The monoisotopic (exact) mass is 322 g/mol. The molecule has 4 nitrogen and oxygen atoms in total. The van der Waals surface area contributed by atoms with Crippen LogP contribution < -0.4 is 5.32 Å². The minimum absolute atomic E-state index is 0.00938. The van der Waals surface area contributed by atoms with E-state index >= 15 is 0 Å². The van der Waals surface area contributed by atoms with Gasteiger partial charge >= 0.3 is 5.51 Å². The summed E-state index contributed by atoms with van der Waals surface area (Å²) in [4.78, 5) is 1.34. The zero-order valence-electron chi connectivity index (χ0n) is 11.5. The van der Waals surface area contributed by atoms with E-state index in [0.29, 0.717) is 6.54 Å². The SMILES string of the molecule is CN1CCCC(Nc2ccccc2S(=O)(=O)C(F)(F)F)C1. The highest BCUT2D eigenvalue weighted by Gasteiger charge is 2.48. The third kappa shape index (κ3) is 3.49. The van der Waals surface area contributed by atoms with E-state index in [4.69, 9.17) is 0 Å². The van der Waals surface area contributed by atoms with E-state index < -0.39 is 20.2 Å². The number of anilines is 1. The van der Waals surface area contributed by atoms with Crippen molar-refractivity contribution in [1.29, 1.82) is 0 Å². The molecule has 1 aromatic carbocycles. The van der Waals surface area contributed by atoms with Gasteiger partial charge in [0.1, 0.15) is 0 Å². The van der Waals surface area contributed by atoms with E-state index in [-0.39, 0.29) is 11.7 Å². The average Bonchev–Trinajstić information content (AvgIpc) is 2.38. The Hall–Kier alpha value is -1.28. The van der Waals surface area contributed by atoms with E-state index in [9.17, 15) is 21.6 Å². The summed E-state index contributed by atoms with van der Waals surface area (Å²) in [6.45, 7) is 1.60. The molecule has 1 aromatic rings. The first kappa shape index (κ1) is 16.1. The smallest absolute Gasteiger partial charge is 0.380 e. The fourth-order valence-corrected chi connectivity index (χ4v) is 3.37. The molecule has 1 aliphatic heterocycles. The van der Waals surface area contributed by atoms with Gasteiger partial charge in [0.05, 0.1) is 10.6 Å². The first-order valence-corrected chi connectivity index (χ1v) is 8.05. The lowest BCUT2D eigenvalue weighted by Crippen LogP contribution is -2.40. The standard InChI is InChI=1S/C13H17F3N2O2S/c1-18-8-4-5-10(9-18)17-11-6-2-3-7-12(11)21(19,20)13(14,15)16/h2-3,6-7,10,17H,4-5,8-9H2,1H3. The minimum Gasteiger partial charge on any atom is -0.380 e. The number of halogens is 3. The molecule has 2 rings (SSSR count). The van der Waals surface area contributed by atoms with Gasteiger partial charge in [0, 0.05) is 12.6 Å². The molecule has 1 unspecified atom stereocenters. The molecule has 1 saturated heterocycles. The van der Waals surface area contributed by atoms with Gasteiger partial charge in [0.25, 0.3) is 9.84 Å². The van der Waals surface area contributed by atoms with E-state index in [0.717, 1.165) is 25.5 Å². The quantitative estimate of drug-likeness (QED) is 0.929. The summed E-state index contributed by atoms with van der Waals surface area (Å²) in [5, 5.41) is 2.94. The Morgan fingerprint density at radius 1 is 1.29 bits per heavy atom. The topological polar surface area (TPSA) is 49.4 Å². The Morgan fingerprint density at radius 2 is 1.95 bits per heavy atom. The summed E-state index contributed by atoms with van der Waals surface area (Å²) in [6, 6.07) is 5.10. The Morgan fingerprint density at radius 3 is 2.57 bits per heavy atom. The highest BCUT2D eigenvalue weighted by Crippen LogP contribution is 2.34. The van der Waals surface area contributed by atoms with Crippen LogP contribution >= 0.6 is 0 Å². The van der Waals surface area contributed by atoms with Gasteiger partial charge in [-0.2, -0.15) is 13.2 Å². The number of benzene rings is 1. The molecule has 8 heteroatoms. The van der Waals surface area contributed by atoms with Gasteiger partial charge in [-0.15, -0.1) is 0 Å². The largest absolute Gasteiger partial charge is 0.501 e. The van der Waals surface area contributed by atoms with Gasteiger partial charge in [-0.25, -0.2) is 8.42 Å². The molecule has 0 spiro atoms. The van der Waals surface area contributed by atoms with Gasteiger partial charge in [-0.05, 0) is 38.6 Å². The van der Waals surface area contributed by atoms with E-state index in [1.807, 2.05) is 7.05 Å². The molecule has 118 valence electrons. The summed E-state index contributed by atoms with van der Waals surface area (Å²) >= 11 is 0. The van der Waals surface area contributed by atoms with Crippen LogP contribution in [-0.4, -0.2) is 45.0 Å². The normalized spacial score (nSPS) is 21.2. The van der Waals surface area contributed by atoms with Crippen molar-refractivity contribution in [2.45, 2.75) is 29.3 Å². The number of likely N-dealkylation sites (N-methyl/N-ethyl adjacent to an activating group) is 1. The first-order valence-electron chi connectivity index (χ1n) is 6.57. The number of likely N-dealkylation sites (tertiary alicyclic amines) is 1. The number of nitrogens with one attached hydrogen (secondary N) is 1. The van der Waals surface area contributed by atoms with Crippen LogP contribution in [0.2, 0.25) is 0 Å². The first-order chi connectivity index (χ1) is 9.72. The van der Waals surface area contributed by atoms with E-state index in [2.05, 4.69) is 10.2 Å². The molecule has 0 saturated carbocycles. The molecule has 0 amide bonds. The molecule has 0 radical (unpaired) electrons. The fourth-order valence-electron chi connectivity index (χ4n) is 2.45. The Bertz CT molecular complexity index is 602. The van der Waals surface area contributed by atoms with Gasteiger partial charge in [-0.1, -0.05) is 12.1 Å². The number of rotatable bonds is 3. The van der Waals surface area contributed by atoms with Crippen molar-refractivity contribution >= 4 is 15.5 Å². The maximum atomic E-state index is 12.7. The molecular weight excluding hydrogens is 305 g/mol. The number of hydrogen-bond acceptors (Lipinski definition) is 4. The van der Waals surface area contributed by atoms with Crippen molar-refractivity contribution < 1.29 is 21.6 Å². The van der Waals surface area contributed by atoms with E-state index in [1.165, 1.54) is 18.2 Å². The molecule has 0 aromatic heterocycles. The van der Waals surface area contributed by atoms with Crippen molar-refractivity contribution in [1.82, 2.24) is 4.90 Å². The Kier molecular flexibility index (Phi) is 4.48. The molecular formula is C13H17F3N2O2S. The second kappa shape index (κ2) is 5.84. The van der Waals surface area contributed by atoms with Crippen molar-refractivity contribution in [3.05, 3.63) is 24.3 Å². The number of hydrogen-bond donors (Lipinski definition) is 1. The second-order valence-corrected chi connectivity index (χ2v) is 7.10.